The number of rotatable bonds is 7. The zero-order chi connectivity index (χ0) is 18.4. The Balaban J connectivity index is 1.51. The number of hydrogen-bond donors (Lipinski definition) is 0. The average Bonchev–Trinajstić information content (AvgIpc) is 2.70. The van der Waals surface area contributed by atoms with Crippen molar-refractivity contribution in [1.29, 1.82) is 5.26 Å². The molecule has 148 valence electrons. The molecule has 0 spiro atoms. The van der Waals surface area contributed by atoms with Gasteiger partial charge in [0.1, 0.15) is 0 Å². The summed E-state index contributed by atoms with van der Waals surface area (Å²) in [5, 5.41) is 10.1. The molecule has 0 aromatic heterocycles. The van der Waals surface area contributed by atoms with Crippen molar-refractivity contribution in [3.05, 3.63) is 0 Å². The van der Waals surface area contributed by atoms with Crippen LogP contribution in [0.25, 0.3) is 0 Å². The standard InChI is InChI=1S/C25H43N/c1-3-5-7-20-9-12-22(13-10-20)23-15-16-25(19-26)18-21(8-6-4-2)11-14-24(25)17-23/h20-24H,3-18H2,1-2H3/t20?,21-,22?,23?,24-,25-/m1/s1. The molecule has 1 heteroatoms. The van der Waals surface area contributed by atoms with E-state index in [1.807, 2.05) is 0 Å². The molecule has 26 heavy (non-hydrogen) atoms. The molecule has 3 fully saturated rings. The first-order valence-corrected chi connectivity index (χ1v) is 12.1. The lowest BCUT2D eigenvalue weighted by atomic mass is 9.53. The van der Waals surface area contributed by atoms with E-state index in [1.165, 1.54) is 103 Å². The van der Waals surface area contributed by atoms with Crippen LogP contribution < -0.4 is 0 Å². The van der Waals surface area contributed by atoms with Crippen molar-refractivity contribution in [3.8, 4) is 6.07 Å². The molecule has 0 saturated heterocycles. The first kappa shape index (κ1) is 20.2. The van der Waals surface area contributed by atoms with Gasteiger partial charge in [0.25, 0.3) is 0 Å². The van der Waals surface area contributed by atoms with E-state index < -0.39 is 0 Å². The average molecular weight is 358 g/mol. The Bertz CT molecular complexity index is 455. The molecule has 0 heterocycles. The minimum atomic E-state index is 0.0610. The van der Waals surface area contributed by atoms with Gasteiger partial charge in [-0.2, -0.15) is 5.26 Å². The summed E-state index contributed by atoms with van der Waals surface area (Å²) in [6.45, 7) is 4.62. The van der Waals surface area contributed by atoms with Crippen molar-refractivity contribution in [2.75, 3.05) is 0 Å². The molecule has 0 aliphatic heterocycles. The van der Waals surface area contributed by atoms with Gasteiger partial charge in [-0.3, -0.25) is 0 Å². The van der Waals surface area contributed by atoms with Crippen LogP contribution >= 0.6 is 0 Å². The monoisotopic (exact) mass is 357 g/mol. The predicted octanol–water partition coefficient (Wildman–Crippen LogP) is 7.90. The van der Waals surface area contributed by atoms with Crippen LogP contribution in [0.3, 0.4) is 0 Å². The molecule has 0 bridgehead atoms. The Morgan fingerprint density at radius 2 is 1.46 bits per heavy atom. The molecule has 4 atom stereocenters. The zero-order valence-corrected chi connectivity index (χ0v) is 17.6. The van der Waals surface area contributed by atoms with Crippen LogP contribution in [-0.4, -0.2) is 0 Å². The van der Waals surface area contributed by atoms with E-state index in [4.69, 9.17) is 0 Å². The molecular weight excluding hydrogens is 314 g/mol. The number of hydrogen-bond acceptors (Lipinski definition) is 1. The third kappa shape index (κ3) is 4.66. The van der Waals surface area contributed by atoms with E-state index in [-0.39, 0.29) is 5.41 Å². The molecule has 0 N–H and O–H groups in total. The highest BCUT2D eigenvalue weighted by atomic mass is 14.5. The molecular formula is C25H43N. The molecule has 3 aliphatic rings. The maximum absolute atomic E-state index is 10.1. The number of nitrogens with zero attached hydrogens (tertiary/aromatic N) is 1. The van der Waals surface area contributed by atoms with Crippen molar-refractivity contribution in [2.24, 2.45) is 35.0 Å². The second kappa shape index (κ2) is 9.61. The van der Waals surface area contributed by atoms with Crippen LogP contribution in [0.2, 0.25) is 0 Å². The minimum absolute atomic E-state index is 0.0610. The van der Waals surface area contributed by atoms with Crippen molar-refractivity contribution in [2.45, 2.75) is 117 Å². The smallest absolute Gasteiger partial charge is 0.0692 e. The third-order valence-electron chi connectivity index (χ3n) is 8.62. The van der Waals surface area contributed by atoms with E-state index in [0.717, 1.165) is 29.6 Å². The Hall–Kier alpha value is -0.510. The van der Waals surface area contributed by atoms with Crippen LogP contribution in [-0.2, 0) is 0 Å². The van der Waals surface area contributed by atoms with E-state index in [9.17, 15) is 5.26 Å². The molecule has 3 saturated carbocycles. The largest absolute Gasteiger partial charge is 0.198 e. The number of nitriles is 1. The summed E-state index contributed by atoms with van der Waals surface area (Å²) in [6.07, 6.45) is 22.2. The quantitative estimate of drug-likeness (QED) is 0.454. The van der Waals surface area contributed by atoms with Crippen LogP contribution in [0.1, 0.15) is 117 Å². The summed E-state index contributed by atoms with van der Waals surface area (Å²) in [4.78, 5) is 0. The topological polar surface area (TPSA) is 23.8 Å². The number of unbranched alkanes of at least 4 members (excludes halogenated alkanes) is 2. The lowest BCUT2D eigenvalue weighted by Gasteiger charge is -2.50. The Labute approximate surface area is 163 Å². The van der Waals surface area contributed by atoms with Crippen molar-refractivity contribution < 1.29 is 0 Å². The minimum Gasteiger partial charge on any atom is -0.198 e. The van der Waals surface area contributed by atoms with Gasteiger partial charge < -0.3 is 0 Å². The lowest BCUT2D eigenvalue weighted by molar-refractivity contribution is 0.0147. The van der Waals surface area contributed by atoms with Crippen molar-refractivity contribution in [3.63, 3.8) is 0 Å². The summed E-state index contributed by atoms with van der Waals surface area (Å²) in [7, 11) is 0. The predicted molar refractivity (Wildman–Crippen MR) is 111 cm³/mol. The van der Waals surface area contributed by atoms with Gasteiger partial charge in [0, 0.05) is 0 Å². The fraction of sp³-hybridized carbons (Fsp3) is 0.960. The van der Waals surface area contributed by atoms with Crippen LogP contribution in [0, 0.1) is 46.3 Å². The molecule has 0 radical (unpaired) electrons. The SMILES string of the molecule is CCCCC1CCC(C2CC[C@]3(C#N)C[C@H](CCCC)CC[C@@H]3C2)CC1. The number of fused-ring (bicyclic) bond motifs is 1. The highest BCUT2D eigenvalue weighted by molar-refractivity contribution is 5.09. The van der Waals surface area contributed by atoms with Gasteiger partial charge in [-0.15, -0.1) is 0 Å². The maximum Gasteiger partial charge on any atom is 0.0692 e. The zero-order valence-electron chi connectivity index (χ0n) is 17.6. The second-order valence-electron chi connectivity index (χ2n) is 10.2. The third-order valence-corrected chi connectivity index (χ3v) is 8.62. The Kier molecular flexibility index (Phi) is 7.48. The van der Waals surface area contributed by atoms with E-state index >= 15 is 0 Å². The highest BCUT2D eigenvalue weighted by Gasteiger charge is 2.48. The van der Waals surface area contributed by atoms with E-state index in [1.54, 1.807) is 0 Å². The summed E-state index contributed by atoms with van der Waals surface area (Å²) in [5.41, 5.74) is 0.0610. The highest BCUT2D eigenvalue weighted by Crippen LogP contribution is 2.56. The summed E-state index contributed by atoms with van der Waals surface area (Å²) in [6, 6.07) is 2.88. The molecule has 0 aromatic rings. The Morgan fingerprint density at radius 3 is 2.12 bits per heavy atom. The van der Waals surface area contributed by atoms with Crippen molar-refractivity contribution >= 4 is 0 Å². The molecule has 1 nitrogen and oxygen atoms in total. The van der Waals surface area contributed by atoms with Crippen LogP contribution in [0.4, 0.5) is 0 Å². The van der Waals surface area contributed by atoms with Crippen LogP contribution in [0.15, 0.2) is 0 Å². The normalized spacial score (nSPS) is 40.6. The fourth-order valence-electron chi connectivity index (χ4n) is 6.87. The van der Waals surface area contributed by atoms with Gasteiger partial charge in [0.15, 0.2) is 0 Å². The van der Waals surface area contributed by atoms with Gasteiger partial charge in [-0.25, -0.2) is 0 Å². The van der Waals surface area contributed by atoms with Gasteiger partial charge in [-0.1, -0.05) is 71.6 Å². The molecule has 0 amide bonds. The van der Waals surface area contributed by atoms with Gasteiger partial charge >= 0.3 is 0 Å². The van der Waals surface area contributed by atoms with E-state index in [0.29, 0.717) is 0 Å². The molecule has 0 aromatic carbocycles. The summed E-state index contributed by atoms with van der Waals surface area (Å²) < 4.78 is 0. The molecule has 3 aliphatic carbocycles. The summed E-state index contributed by atoms with van der Waals surface area (Å²) in [5.74, 6) is 4.53. The fourth-order valence-corrected chi connectivity index (χ4v) is 6.87. The van der Waals surface area contributed by atoms with Crippen LogP contribution in [0.5, 0.6) is 0 Å². The summed E-state index contributed by atoms with van der Waals surface area (Å²) >= 11 is 0. The molecule has 1 unspecified atom stereocenters. The second-order valence-corrected chi connectivity index (χ2v) is 10.2. The Morgan fingerprint density at radius 1 is 0.808 bits per heavy atom. The van der Waals surface area contributed by atoms with Crippen molar-refractivity contribution in [1.82, 2.24) is 0 Å². The first-order chi connectivity index (χ1) is 12.7. The lowest BCUT2D eigenvalue weighted by Crippen LogP contribution is -2.42. The van der Waals surface area contributed by atoms with Gasteiger partial charge in [0.05, 0.1) is 11.5 Å². The van der Waals surface area contributed by atoms with Gasteiger partial charge in [0.2, 0.25) is 0 Å². The maximum atomic E-state index is 10.1. The first-order valence-electron chi connectivity index (χ1n) is 12.1. The van der Waals surface area contributed by atoms with E-state index in [2.05, 4.69) is 19.9 Å². The molecule has 3 rings (SSSR count). The van der Waals surface area contributed by atoms with Gasteiger partial charge in [-0.05, 0) is 74.5 Å².